The van der Waals surface area contributed by atoms with Crippen molar-refractivity contribution in [3.63, 3.8) is 0 Å². The highest BCUT2D eigenvalue weighted by molar-refractivity contribution is 5.56. The third-order valence-electron chi connectivity index (χ3n) is 2.76. The Balaban J connectivity index is 1.86. The quantitative estimate of drug-likeness (QED) is 0.654. The van der Waals surface area contributed by atoms with Crippen LogP contribution in [0.5, 0.6) is 5.75 Å². The molecule has 0 unspecified atom stereocenters. The molecule has 0 saturated heterocycles. The average Bonchev–Trinajstić information content (AvgIpc) is 2.55. The van der Waals surface area contributed by atoms with Crippen LogP contribution in [0.2, 0.25) is 0 Å². The normalized spacial score (nSPS) is 10.0. The van der Waals surface area contributed by atoms with E-state index in [0.717, 1.165) is 11.1 Å². The highest BCUT2D eigenvalue weighted by Crippen LogP contribution is 2.17. The average molecular weight is 298 g/mol. The molecule has 2 rings (SSSR count). The standard InChI is InChI=1S/C17H18N2O3/c1-2-21-10-11-22-9-3-4-14-12-18-17(19-13-14)15-5-7-16(20)8-6-15/h5-8,12-13,20H,2,9-11H2,1H3. The summed E-state index contributed by atoms with van der Waals surface area (Å²) in [6.45, 7) is 4.12. The number of nitrogens with zero attached hydrogens (tertiary/aromatic N) is 2. The van der Waals surface area contributed by atoms with Gasteiger partial charge in [-0.25, -0.2) is 9.97 Å². The fourth-order valence-corrected chi connectivity index (χ4v) is 1.68. The van der Waals surface area contributed by atoms with Gasteiger partial charge in [0.25, 0.3) is 0 Å². The summed E-state index contributed by atoms with van der Waals surface area (Å²) in [5.74, 6) is 6.66. The molecule has 0 amide bonds. The summed E-state index contributed by atoms with van der Waals surface area (Å²) in [5, 5.41) is 9.26. The van der Waals surface area contributed by atoms with Crippen LogP contribution in [-0.4, -0.2) is 41.5 Å². The first kappa shape index (κ1) is 16.0. The lowest BCUT2D eigenvalue weighted by atomic mass is 10.2. The first-order valence-electron chi connectivity index (χ1n) is 7.05. The second-order valence-electron chi connectivity index (χ2n) is 4.39. The van der Waals surface area contributed by atoms with Crippen molar-refractivity contribution >= 4 is 0 Å². The maximum atomic E-state index is 9.26. The molecule has 22 heavy (non-hydrogen) atoms. The number of phenolic OH excluding ortho intramolecular Hbond substituents is 1. The summed E-state index contributed by atoms with van der Waals surface area (Å²) < 4.78 is 10.5. The SMILES string of the molecule is CCOCCOCC#Cc1cnc(-c2ccc(O)cc2)nc1. The van der Waals surface area contributed by atoms with E-state index in [1.54, 1.807) is 36.7 Å². The molecule has 1 aromatic heterocycles. The number of hydrogen-bond acceptors (Lipinski definition) is 5. The van der Waals surface area contributed by atoms with Crippen molar-refractivity contribution in [2.45, 2.75) is 6.92 Å². The van der Waals surface area contributed by atoms with E-state index in [4.69, 9.17) is 9.47 Å². The molecule has 0 radical (unpaired) electrons. The van der Waals surface area contributed by atoms with Crippen molar-refractivity contribution in [3.8, 4) is 29.0 Å². The van der Waals surface area contributed by atoms with Crippen LogP contribution in [0.3, 0.4) is 0 Å². The zero-order valence-electron chi connectivity index (χ0n) is 12.5. The molecule has 2 aromatic rings. The molecule has 0 aliphatic rings. The lowest BCUT2D eigenvalue weighted by Gasteiger charge is -2.00. The minimum atomic E-state index is 0.218. The minimum Gasteiger partial charge on any atom is -0.508 e. The van der Waals surface area contributed by atoms with Crippen molar-refractivity contribution in [2.24, 2.45) is 0 Å². The second kappa shape index (κ2) is 8.78. The van der Waals surface area contributed by atoms with Crippen molar-refractivity contribution in [2.75, 3.05) is 26.4 Å². The van der Waals surface area contributed by atoms with Gasteiger partial charge in [0, 0.05) is 24.6 Å². The molecule has 1 N–H and O–H groups in total. The van der Waals surface area contributed by atoms with E-state index in [9.17, 15) is 5.11 Å². The summed E-state index contributed by atoms with van der Waals surface area (Å²) in [6, 6.07) is 6.74. The Hall–Kier alpha value is -2.42. The number of aromatic hydroxyl groups is 1. The van der Waals surface area contributed by atoms with Crippen molar-refractivity contribution in [1.82, 2.24) is 9.97 Å². The molecule has 1 heterocycles. The van der Waals surface area contributed by atoms with Gasteiger partial charge in [0.1, 0.15) is 12.4 Å². The number of rotatable bonds is 6. The van der Waals surface area contributed by atoms with Crippen LogP contribution in [0.15, 0.2) is 36.7 Å². The fourth-order valence-electron chi connectivity index (χ4n) is 1.68. The minimum absolute atomic E-state index is 0.218. The van der Waals surface area contributed by atoms with Crippen molar-refractivity contribution in [1.29, 1.82) is 0 Å². The Morgan fingerprint density at radius 3 is 2.41 bits per heavy atom. The second-order valence-corrected chi connectivity index (χ2v) is 4.39. The Morgan fingerprint density at radius 1 is 1.05 bits per heavy atom. The molecule has 5 heteroatoms. The molecule has 1 aromatic carbocycles. The van der Waals surface area contributed by atoms with Crippen LogP contribution in [-0.2, 0) is 9.47 Å². The fraction of sp³-hybridized carbons (Fsp3) is 0.294. The van der Waals surface area contributed by atoms with Gasteiger partial charge in [0.05, 0.1) is 18.8 Å². The Labute approximate surface area is 130 Å². The monoisotopic (exact) mass is 298 g/mol. The molecule has 0 saturated carbocycles. The van der Waals surface area contributed by atoms with Crippen LogP contribution in [0.25, 0.3) is 11.4 Å². The molecule has 0 aliphatic heterocycles. The van der Waals surface area contributed by atoms with E-state index in [-0.39, 0.29) is 5.75 Å². The van der Waals surface area contributed by atoms with Gasteiger partial charge >= 0.3 is 0 Å². The summed E-state index contributed by atoms with van der Waals surface area (Å²) in [6.07, 6.45) is 3.34. The van der Waals surface area contributed by atoms with E-state index in [1.807, 2.05) is 6.92 Å². The van der Waals surface area contributed by atoms with Gasteiger partial charge in [-0.2, -0.15) is 0 Å². The van der Waals surface area contributed by atoms with Crippen molar-refractivity contribution < 1.29 is 14.6 Å². The molecular formula is C17H18N2O3. The van der Waals surface area contributed by atoms with E-state index in [0.29, 0.717) is 32.3 Å². The zero-order chi connectivity index (χ0) is 15.6. The van der Waals surface area contributed by atoms with E-state index in [2.05, 4.69) is 21.8 Å². The summed E-state index contributed by atoms with van der Waals surface area (Å²) in [4.78, 5) is 8.52. The van der Waals surface area contributed by atoms with Crippen LogP contribution in [0, 0.1) is 11.8 Å². The van der Waals surface area contributed by atoms with Gasteiger partial charge in [0.2, 0.25) is 0 Å². The van der Waals surface area contributed by atoms with Crippen LogP contribution >= 0.6 is 0 Å². The van der Waals surface area contributed by atoms with Crippen LogP contribution in [0.4, 0.5) is 0 Å². The number of ether oxygens (including phenoxy) is 2. The molecular weight excluding hydrogens is 280 g/mol. The summed E-state index contributed by atoms with van der Waals surface area (Å²) in [7, 11) is 0. The lowest BCUT2D eigenvalue weighted by Crippen LogP contribution is -2.03. The van der Waals surface area contributed by atoms with E-state index >= 15 is 0 Å². The lowest BCUT2D eigenvalue weighted by molar-refractivity contribution is 0.0662. The molecule has 0 bridgehead atoms. The third kappa shape index (κ3) is 5.17. The van der Waals surface area contributed by atoms with Crippen LogP contribution < -0.4 is 0 Å². The highest BCUT2D eigenvalue weighted by Gasteiger charge is 2.00. The molecule has 0 spiro atoms. The van der Waals surface area contributed by atoms with Gasteiger partial charge in [-0.3, -0.25) is 0 Å². The van der Waals surface area contributed by atoms with Gasteiger partial charge in [0.15, 0.2) is 5.82 Å². The van der Waals surface area contributed by atoms with Crippen molar-refractivity contribution in [3.05, 3.63) is 42.2 Å². The maximum absolute atomic E-state index is 9.26. The first-order valence-corrected chi connectivity index (χ1v) is 7.05. The molecule has 0 aliphatic carbocycles. The molecule has 0 fully saturated rings. The number of aromatic nitrogens is 2. The smallest absolute Gasteiger partial charge is 0.159 e. The predicted octanol–water partition coefficient (Wildman–Crippen LogP) is 2.25. The first-order chi connectivity index (χ1) is 10.8. The Kier molecular flexibility index (Phi) is 6.37. The summed E-state index contributed by atoms with van der Waals surface area (Å²) >= 11 is 0. The van der Waals surface area contributed by atoms with Crippen LogP contribution in [0.1, 0.15) is 12.5 Å². The van der Waals surface area contributed by atoms with E-state index in [1.165, 1.54) is 0 Å². The van der Waals surface area contributed by atoms with Gasteiger partial charge in [-0.1, -0.05) is 11.8 Å². The maximum Gasteiger partial charge on any atom is 0.159 e. The molecule has 114 valence electrons. The number of hydrogen-bond donors (Lipinski definition) is 1. The topological polar surface area (TPSA) is 64.5 Å². The predicted molar refractivity (Wildman–Crippen MR) is 83.3 cm³/mol. The van der Waals surface area contributed by atoms with Gasteiger partial charge < -0.3 is 14.6 Å². The Morgan fingerprint density at radius 2 is 1.73 bits per heavy atom. The van der Waals surface area contributed by atoms with Gasteiger partial charge in [-0.15, -0.1) is 0 Å². The number of phenols is 1. The summed E-state index contributed by atoms with van der Waals surface area (Å²) in [5.41, 5.74) is 1.58. The molecule has 5 nitrogen and oxygen atoms in total. The van der Waals surface area contributed by atoms with E-state index < -0.39 is 0 Å². The third-order valence-corrected chi connectivity index (χ3v) is 2.76. The zero-order valence-corrected chi connectivity index (χ0v) is 12.5. The van der Waals surface area contributed by atoms with Gasteiger partial charge in [-0.05, 0) is 31.2 Å². The number of benzene rings is 1. The highest BCUT2D eigenvalue weighted by atomic mass is 16.5. The molecule has 0 atom stereocenters. The largest absolute Gasteiger partial charge is 0.508 e. The Bertz CT molecular complexity index is 628.